The fourth-order valence-electron chi connectivity index (χ4n) is 4.46. The first kappa shape index (κ1) is 21.8. The van der Waals surface area contributed by atoms with Gasteiger partial charge in [0.2, 0.25) is 0 Å². The van der Waals surface area contributed by atoms with E-state index in [0.717, 1.165) is 16.5 Å². The van der Waals surface area contributed by atoms with Crippen LogP contribution in [0.3, 0.4) is 0 Å². The van der Waals surface area contributed by atoms with Gasteiger partial charge in [0.15, 0.2) is 0 Å². The summed E-state index contributed by atoms with van der Waals surface area (Å²) >= 11 is 5.97. The Balaban J connectivity index is 1.56. The van der Waals surface area contributed by atoms with Crippen LogP contribution in [0.2, 0.25) is 5.02 Å². The molecule has 0 radical (unpaired) electrons. The highest BCUT2D eigenvalue weighted by Gasteiger charge is 2.45. The van der Waals surface area contributed by atoms with E-state index in [2.05, 4.69) is 4.98 Å². The van der Waals surface area contributed by atoms with Gasteiger partial charge in [0, 0.05) is 34.2 Å². The highest BCUT2D eigenvalue weighted by atomic mass is 35.5. The number of benzene rings is 3. The van der Waals surface area contributed by atoms with E-state index in [4.69, 9.17) is 11.6 Å². The maximum atomic E-state index is 13.1. The Bertz CT molecular complexity index is 1420. The van der Waals surface area contributed by atoms with Crippen molar-refractivity contribution in [2.24, 2.45) is 0 Å². The lowest BCUT2D eigenvalue weighted by Gasteiger charge is -2.25. The molecule has 4 aromatic rings. The normalized spacial score (nSPS) is 17.6. The first-order valence-corrected chi connectivity index (χ1v) is 11.2. The van der Waals surface area contributed by atoms with Crippen LogP contribution in [0.5, 0.6) is 5.75 Å². The third-order valence-electron chi connectivity index (χ3n) is 6.16. The fourth-order valence-corrected chi connectivity index (χ4v) is 4.58. The number of hydrogen-bond acceptors (Lipinski definition) is 4. The van der Waals surface area contributed by atoms with Crippen LogP contribution in [-0.4, -0.2) is 38.3 Å². The number of aromatic nitrogens is 1. The second-order valence-electron chi connectivity index (χ2n) is 8.20. The molecule has 0 aliphatic carbocycles. The second-order valence-corrected chi connectivity index (χ2v) is 8.64. The molecular weight excluding hydrogens is 452 g/mol. The zero-order valence-electron chi connectivity index (χ0n) is 18.0. The zero-order chi connectivity index (χ0) is 23.8. The van der Waals surface area contributed by atoms with Crippen molar-refractivity contribution < 1.29 is 19.8 Å². The fraction of sp³-hybridized carbons (Fsp3) is 0.111. The third-order valence-corrected chi connectivity index (χ3v) is 6.42. The number of carbonyl (C=O) groups is 2. The highest BCUT2D eigenvalue weighted by Crippen LogP contribution is 2.40. The molecule has 1 amide bonds. The van der Waals surface area contributed by atoms with Crippen molar-refractivity contribution in [3.05, 3.63) is 106 Å². The van der Waals surface area contributed by atoms with Gasteiger partial charge in [0.05, 0.1) is 11.6 Å². The Hall–Kier alpha value is -4.03. The molecule has 2 heterocycles. The summed E-state index contributed by atoms with van der Waals surface area (Å²) in [4.78, 5) is 31.0. The van der Waals surface area contributed by atoms with E-state index in [0.29, 0.717) is 22.6 Å². The van der Waals surface area contributed by atoms with Crippen molar-refractivity contribution in [2.75, 3.05) is 6.54 Å². The number of fused-ring (bicyclic) bond motifs is 1. The van der Waals surface area contributed by atoms with Crippen LogP contribution in [0, 0.1) is 0 Å². The Kier molecular flexibility index (Phi) is 5.59. The maximum absolute atomic E-state index is 13.1. The van der Waals surface area contributed by atoms with Crippen molar-refractivity contribution >= 4 is 40.0 Å². The Morgan fingerprint density at radius 2 is 1.68 bits per heavy atom. The van der Waals surface area contributed by atoms with E-state index in [-0.39, 0.29) is 23.6 Å². The summed E-state index contributed by atoms with van der Waals surface area (Å²) in [5.41, 5.74) is 3.04. The molecule has 3 aromatic carbocycles. The molecule has 3 N–H and O–H groups in total. The molecule has 0 saturated carbocycles. The molecular formula is C27H21ClN2O4. The average Bonchev–Trinajstić information content (AvgIpc) is 3.37. The topological polar surface area (TPSA) is 93.6 Å². The smallest absolute Gasteiger partial charge is 0.295 e. The molecule has 34 heavy (non-hydrogen) atoms. The Labute approximate surface area is 200 Å². The number of aliphatic hydroxyl groups excluding tert-OH is 1. The van der Waals surface area contributed by atoms with Gasteiger partial charge in [-0.15, -0.1) is 0 Å². The Morgan fingerprint density at radius 3 is 2.41 bits per heavy atom. The predicted molar refractivity (Wildman–Crippen MR) is 131 cm³/mol. The largest absolute Gasteiger partial charge is 0.508 e. The molecule has 1 fully saturated rings. The summed E-state index contributed by atoms with van der Waals surface area (Å²) in [7, 11) is 0. The summed E-state index contributed by atoms with van der Waals surface area (Å²) in [6.45, 7) is 0.273. The molecule has 6 nitrogen and oxygen atoms in total. The number of para-hydroxylation sites is 1. The van der Waals surface area contributed by atoms with Crippen molar-refractivity contribution in [3.8, 4) is 5.75 Å². The molecule has 1 aromatic heterocycles. The number of aliphatic hydroxyl groups is 1. The number of rotatable bonds is 5. The number of amides is 1. The van der Waals surface area contributed by atoms with Gasteiger partial charge >= 0.3 is 0 Å². The number of likely N-dealkylation sites (tertiary alicyclic amines) is 1. The van der Waals surface area contributed by atoms with Crippen LogP contribution < -0.4 is 0 Å². The zero-order valence-corrected chi connectivity index (χ0v) is 18.8. The monoisotopic (exact) mass is 472 g/mol. The number of hydrogen-bond donors (Lipinski definition) is 3. The molecule has 1 atom stereocenters. The van der Waals surface area contributed by atoms with Crippen LogP contribution in [0.25, 0.3) is 16.7 Å². The first-order valence-electron chi connectivity index (χ1n) is 10.8. The van der Waals surface area contributed by atoms with Gasteiger partial charge in [0.25, 0.3) is 11.7 Å². The number of ketones is 1. The summed E-state index contributed by atoms with van der Waals surface area (Å²) in [5, 5.41) is 22.4. The minimum atomic E-state index is -0.790. The third kappa shape index (κ3) is 3.82. The van der Waals surface area contributed by atoms with Gasteiger partial charge < -0.3 is 20.1 Å². The first-order chi connectivity index (χ1) is 16.4. The summed E-state index contributed by atoms with van der Waals surface area (Å²) in [6.07, 6.45) is 2.43. The molecule has 1 aliphatic rings. The number of aromatic hydroxyl groups is 1. The molecule has 0 bridgehead atoms. The number of halogens is 1. The minimum Gasteiger partial charge on any atom is -0.508 e. The lowest BCUT2D eigenvalue weighted by Crippen LogP contribution is -2.31. The van der Waals surface area contributed by atoms with E-state index in [1.165, 1.54) is 17.0 Å². The van der Waals surface area contributed by atoms with Crippen molar-refractivity contribution in [2.45, 2.75) is 12.5 Å². The number of H-pyrrole nitrogens is 1. The van der Waals surface area contributed by atoms with Crippen LogP contribution >= 0.6 is 11.6 Å². The summed E-state index contributed by atoms with van der Waals surface area (Å²) in [6, 6.07) is 19.8. The second kappa shape index (κ2) is 8.72. The number of carbonyl (C=O) groups excluding carboxylic acids is 2. The highest BCUT2D eigenvalue weighted by molar-refractivity contribution is 6.46. The number of nitrogens with zero attached hydrogens (tertiary/aromatic N) is 1. The van der Waals surface area contributed by atoms with Crippen LogP contribution in [0.15, 0.2) is 84.6 Å². The van der Waals surface area contributed by atoms with E-state index in [1.807, 2.05) is 30.5 Å². The summed E-state index contributed by atoms with van der Waals surface area (Å²) < 4.78 is 0. The SMILES string of the molecule is O=C1C(=O)N(CCc2c[nH]c3ccccc23)C(c2ccc(O)cc2)C1=C(O)c1ccc(Cl)cc1. The van der Waals surface area contributed by atoms with Gasteiger partial charge in [-0.05, 0) is 60.0 Å². The van der Waals surface area contributed by atoms with E-state index in [1.54, 1.807) is 36.4 Å². The van der Waals surface area contributed by atoms with E-state index >= 15 is 0 Å². The molecule has 170 valence electrons. The van der Waals surface area contributed by atoms with Crippen LogP contribution in [-0.2, 0) is 16.0 Å². The molecule has 1 unspecified atom stereocenters. The van der Waals surface area contributed by atoms with Gasteiger partial charge in [-0.25, -0.2) is 0 Å². The van der Waals surface area contributed by atoms with Crippen LogP contribution in [0.4, 0.5) is 0 Å². The molecule has 1 aliphatic heterocycles. The van der Waals surface area contributed by atoms with E-state index < -0.39 is 17.7 Å². The number of aromatic amines is 1. The number of phenolic OH excluding ortho intramolecular Hbond substituents is 1. The van der Waals surface area contributed by atoms with E-state index in [9.17, 15) is 19.8 Å². The lowest BCUT2D eigenvalue weighted by atomic mass is 9.95. The molecule has 5 rings (SSSR count). The molecule has 7 heteroatoms. The summed E-state index contributed by atoms with van der Waals surface area (Å²) in [5.74, 6) is -1.61. The standard InChI is InChI=1S/C27H21ClN2O4/c28-19-9-5-17(6-10-19)25(32)23-24(16-7-11-20(31)12-8-16)30(27(34)26(23)33)14-13-18-15-29-22-4-2-1-3-21(18)22/h1-12,15,24,29,31-32H,13-14H2. The molecule has 1 saturated heterocycles. The predicted octanol–water partition coefficient (Wildman–Crippen LogP) is 5.19. The van der Waals surface area contributed by atoms with Gasteiger partial charge in [-0.1, -0.05) is 41.9 Å². The lowest BCUT2D eigenvalue weighted by molar-refractivity contribution is -0.139. The average molecular weight is 473 g/mol. The van der Waals surface area contributed by atoms with Crippen molar-refractivity contribution in [3.63, 3.8) is 0 Å². The quantitative estimate of drug-likeness (QED) is 0.211. The van der Waals surface area contributed by atoms with Gasteiger partial charge in [-0.2, -0.15) is 0 Å². The maximum Gasteiger partial charge on any atom is 0.295 e. The van der Waals surface area contributed by atoms with Crippen LogP contribution in [0.1, 0.15) is 22.7 Å². The Morgan fingerprint density at radius 1 is 0.971 bits per heavy atom. The number of nitrogens with one attached hydrogen (secondary N) is 1. The van der Waals surface area contributed by atoms with Gasteiger partial charge in [0.1, 0.15) is 11.5 Å². The molecule has 0 spiro atoms. The van der Waals surface area contributed by atoms with Crippen molar-refractivity contribution in [1.29, 1.82) is 0 Å². The number of Topliss-reactive ketones (excluding diaryl/α,β-unsaturated/α-hetero) is 1. The van der Waals surface area contributed by atoms with Crippen molar-refractivity contribution in [1.82, 2.24) is 9.88 Å². The minimum absolute atomic E-state index is 0.0111. The van der Waals surface area contributed by atoms with Gasteiger partial charge in [-0.3, -0.25) is 9.59 Å². The number of phenols is 1.